The highest BCUT2D eigenvalue weighted by atomic mass is 28.1. The maximum absolute atomic E-state index is 11.1. The zero-order valence-corrected chi connectivity index (χ0v) is 12.1. The summed E-state index contributed by atoms with van der Waals surface area (Å²) in [7, 11) is 4.85. The summed E-state index contributed by atoms with van der Waals surface area (Å²) in [6.45, 7) is 3.28. The average molecular weight is 249 g/mol. The third-order valence-corrected chi connectivity index (χ3v) is 3.39. The first-order chi connectivity index (χ1) is 7.34. The molecule has 0 saturated heterocycles. The van der Waals surface area contributed by atoms with E-state index in [1.165, 1.54) is 21.3 Å². The number of esters is 1. The smallest absolute Gasteiger partial charge is 0.333 e. The topological polar surface area (TPSA) is 80.0 Å². The lowest BCUT2D eigenvalue weighted by Crippen LogP contribution is -2.53. The predicted molar refractivity (Wildman–Crippen MR) is 61.5 cm³/mol. The molecule has 0 saturated carbocycles. The highest BCUT2D eigenvalue weighted by Crippen LogP contribution is 2.22. The third-order valence-electron chi connectivity index (χ3n) is 2.22. The van der Waals surface area contributed by atoms with Crippen LogP contribution in [-0.2, 0) is 23.7 Å². The quantitative estimate of drug-likeness (QED) is 0.261. The molecule has 0 heterocycles. The Balaban J connectivity index is 4.70. The van der Waals surface area contributed by atoms with Crippen molar-refractivity contribution >= 4 is 16.2 Å². The first-order valence-electron chi connectivity index (χ1n) is 4.64. The fourth-order valence-electron chi connectivity index (χ4n) is 1.04. The lowest BCUT2D eigenvalue weighted by atomic mass is 10.3. The van der Waals surface area contributed by atoms with Gasteiger partial charge in [-0.1, -0.05) is 6.58 Å². The van der Waals surface area contributed by atoms with Gasteiger partial charge in [-0.3, -0.25) is 5.73 Å². The van der Waals surface area contributed by atoms with Gasteiger partial charge in [0.05, 0.1) is 16.7 Å². The number of carbonyl (C=O) groups is 1. The molecule has 0 aliphatic rings. The molecule has 1 atom stereocenters. The Morgan fingerprint density at radius 3 is 2.19 bits per heavy atom. The molecule has 2 N–H and O–H groups in total. The normalized spacial score (nSPS) is 15.5. The number of hydrogen-bond acceptors (Lipinski definition) is 6. The van der Waals surface area contributed by atoms with Gasteiger partial charge in [0.15, 0.2) is 0 Å². The summed E-state index contributed by atoms with van der Waals surface area (Å²) in [4.78, 5) is 11.1. The fourth-order valence-corrected chi connectivity index (χ4v) is 1.53. The molecule has 0 fully saturated rings. The van der Waals surface area contributed by atoms with Crippen LogP contribution in [0.3, 0.4) is 0 Å². The fraction of sp³-hybridized carbons (Fsp3) is 0.667. The Kier molecular flexibility index (Phi) is 5.83. The minimum atomic E-state index is -1.58. The number of carbonyl (C=O) groups excluding carboxylic acids is 1. The summed E-state index contributed by atoms with van der Waals surface area (Å²) >= 11 is 0. The van der Waals surface area contributed by atoms with E-state index in [0.29, 0.717) is 10.2 Å². The van der Waals surface area contributed by atoms with Crippen molar-refractivity contribution in [3.63, 3.8) is 0 Å². The van der Waals surface area contributed by atoms with Crippen molar-refractivity contribution < 1.29 is 23.7 Å². The van der Waals surface area contributed by atoms with E-state index in [4.69, 9.17) is 24.7 Å². The molecule has 0 aromatic carbocycles. The molecule has 1 unspecified atom stereocenters. The third kappa shape index (κ3) is 4.41. The van der Waals surface area contributed by atoms with E-state index < -0.39 is 17.3 Å². The highest BCUT2D eigenvalue weighted by molar-refractivity contribution is 6.13. The largest absolute Gasteiger partial charge is 0.416 e. The van der Waals surface area contributed by atoms with E-state index in [0.717, 1.165) is 6.08 Å². The van der Waals surface area contributed by atoms with Crippen LogP contribution in [0.4, 0.5) is 0 Å². The van der Waals surface area contributed by atoms with Crippen LogP contribution in [0.15, 0.2) is 12.7 Å². The van der Waals surface area contributed by atoms with Gasteiger partial charge in [-0.2, -0.15) is 0 Å². The van der Waals surface area contributed by atoms with E-state index in [1.807, 2.05) is 0 Å². The van der Waals surface area contributed by atoms with Gasteiger partial charge < -0.3 is 18.9 Å². The first-order valence-corrected chi connectivity index (χ1v) is 5.64. The maximum Gasteiger partial charge on any atom is 0.333 e. The van der Waals surface area contributed by atoms with Gasteiger partial charge in [0.25, 0.3) is 5.91 Å². The van der Waals surface area contributed by atoms with Crippen molar-refractivity contribution in [2.45, 2.75) is 17.7 Å². The summed E-state index contributed by atoms with van der Waals surface area (Å²) in [5.74, 6) is -2.25. The summed E-state index contributed by atoms with van der Waals surface area (Å²) in [5.41, 5.74) is 4.89. The van der Waals surface area contributed by atoms with Crippen LogP contribution in [0, 0.1) is 0 Å². The second-order valence-corrected chi connectivity index (χ2v) is 4.88. The van der Waals surface area contributed by atoms with Crippen molar-refractivity contribution in [3.05, 3.63) is 12.7 Å². The Morgan fingerprint density at radius 1 is 1.38 bits per heavy atom. The van der Waals surface area contributed by atoms with E-state index in [2.05, 4.69) is 6.58 Å². The Labute approximate surface area is 98.1 Å². The van der Waals surface area contributed by atoms with Gasteiger partial charge in [-0.05, 0) is 0 Å². The van der Waals surface area contributed by atoms with E-state index in [9.17, 15) is 4.79 Å². The molecule has 0 aromatic rings. The van der Waals surface area contributed by atoms with Crippen molar-refractivity contribution in [2.75, 3.05) is 21.3 Å². The molecule has 0 radical (unpaired) electrons. The van der Waals surface area contributed by atoms with Gasteiger partial charge in [-0.25, -0.2) is 4.79 Å². The molecule has 0 bridgehead atoms. The minimum absolute atomic E-state index is 0.0787. The Bertz CT molecular complexity index is 256. The molecule has 16 heavy (non-hydrogen) atoms. The SMILES string of the molecule is C=CC(=O)OC(N)(CC([SiH3])(OC)OC)OC. The second-order valence-electron chi connectivity index (χ2n) is 3.36. The number of hydrogen-bond donors (Lipinski definition) is 1. The average Bonchev–Trinajstić information content (AvgIpc) is 2.28. The Morgan fingerprint density at radius 2 is 1.88 bits per heavy atom. The maximum atomic E-state index is 11.1. The predicted octanol–water partition coefficient (Wildman–Crippen LogP) is -1.32. The molecular formula is C9H19NO5Si. The van der Waals surface area contributed by atoms with Gasteiger partial charge in [0, 0.05) is 27.4 Å². The lowest BCUT2D eigenvalue weighted by molar-refractivity contribution is -0.259. The van der Waals surface area contributed by atoms with Gasteiger partial charge in [0.2, 0.25) is 0 Å². The lowest BCUT2D eigenvalue weighted by Gasteiger charge is -2.35. The number of nitrogens with two attached hydrogens (primary N) is 1. The zero-order chi connectivity index (χ0) is 12.8. The van der Waals surface area contributed by atoms with Crippen molar-refractivity contribution in [1.29, 1.82) is 0 Å². The minimum Gasteiger partial charge on any atom is -0.416 e. The summed E-state index contributed by atoms with van der Waals surface area (Å²) < 4.78 is 20.2. The van der Waals surface area contributed by atoms with E-state index in [-0.39, 0.29) is 6.42 Å². The zero-order valence-electron chi connectivity index (χ0n) is 10.1. The molecular weight excluding hydrogens is 230 g/mol. The molecule has 94 valence electrons. The summed E-state index contributed by atoms with van der Waals surface area (Å²) in [5, 5.41) is 0. The molecule has 0 spiro atoms. The van der Waals surface area contributed by atoms with Crippen LogP contribution in [0.2, 0.25) is 0 Å². The monoisotopic (exact) mass is 249 g/mol. The first kappa shape index (κ1) is 15.3. The molecule has 0 aliphatic carbocycles. The van der Waals surface area contributed by atoms with Crippen molar-refractivity contribution in [1.82, 2.24) is 0 Å². The standard InChI is InChI=1S/C9H19NO5Si/c1-5-7(11)15-8(10,12-2)6-9(16,13-3)14-4/h5H,1,6,10H2,2-4,16H3. The highest BCUT2D eigenvalue weighted by Gasteiger charge is 2.39. The van der Waals surface area contributed by atoms with Crippen molar-refractivity contribution in [2.24, 2.45) is 5.73 Å². The molecule has 0 aliphatic heterocycles. The molecule has 6 nitrogen and oxygen atoms in total. The van der Waals surface area contributed by atoms with E-state index in [1.54, 1.807) is 0 Å². The van der Waals surface area contributed by atoms with Crippen LogP contribution < -0.4 is 5.73 Å². The number of methoxy groups -OCH3 is 3. The molecule has 0 aromatic heterocycles. The van der Waals surface area contributed by atoms with Gasteiger partial charge in [-0.15, -0.1) is 0 Å². The van der Waals surface area contributed by atoms with Crippen LogP contribution >= 0.6 is 0 Å². The van der Waals surface area contributed by atoms with E-state index >= 15 is 0 Å². The summed E-state index contributed by atoms with van der Waals surface area (Å²) in [6, 6.07) is 0. The molecule has 0 amide bonds. The number of ether oxygens (including phenoxy) is 4. The van der Waals surface area contributed by atoms with Crippen LogP contribution in [0.1, 0.15) is 6.42 Å². The number of rotatable bonds is 7. The van der Waals surface area contributed by atoms with Crippen molar-refractivity contribution in [3.8, 4) is 0 Å². The summed E-state index contributed by atoms with van der Waals surface area (Å²) in [6.07, 6.45) is 1.09. The molecule has 0 rings (SSSR count). The van der Waals surface area contributed by atoms with Crippen LogP contribution in [0.5, 0.6) is 0 Å². The van der Waals surface area contributed by atoms with Gasteiger partial charge in [0.1, 0.15) is 5.41 Å². The van der Waals surface area contributed by atoms with Crippen LogP contribution in [0.25, 0.3) is 0 Å². The second kappa shape index (κ2) is 6.11. The molecule has 7 heteroatoms. The van der Waals surface area contributed by atoms with Crippen LogP contribution in [-0.4, -0.2) is 48.9 Å². The van der Waals surface area contributed by atoms with Gasteiger partial charge >= 0.3 is 5.97 Å². The Hall–Kier alpha value is -0.733.